The number of hydrogen-bond acceptors (Lipinski definition) is 6. The number of phosphoric acid groups is 1. The van der Waals surface area contributed by atoms with Crippen molar-refractivity contribution in [2.75, 3.05) is 5.75 Å². The molecule has 3 rings (SSSR count). The maximum Gasteiger partial charge on any atom is 0.524 e. The molecule has 1 aromatic heterocycles. The number of rotatable bonds is 4. The second-order valence-corrected chi connectivity index (χ2v) is 6.90. The zero-order valence-electron chi connectivity index (χ0n) is 11.5. The molecule has 1 aliphatic heterocycles. The summed E-state index contributed by atoms with van der Waals surface area (Å²) in [5, 5.41) is 10.2. The Morgan fingerprint density at radius 3 is 2.74 bits per heavy atom. The molecular formula is C13H11N2O6PS. The van der Waals surface area contributed by atoms with E-state index in [1.807, 2.05) is 0 Å². The van der Waals surface area contributed by atoms with Crippen LogP contribution in [0, 0.1) is 0 Å². The normalized spacial score (nSPS) is 18.0. The number of fused-ring (bicyclic) bond motifs is 1. The maximum absolute atomic E-state index is 10.9. The van der Waals surface area contributed by atoms with Gasteiger partial charge in [-0.3, -0.25) is 14.8 Å². The van der Waals surface area contributed by atoms with Crippen LogP contribution in [-0.4, -0.2) is 42.7 Å². The highest BCUT2D eigenvalue weighted by Crippen LogP contribution is 2.38. The standard InChI is InChI=1S/C13H11N2O6PS/c16-13(17)11-6-23-12(15-11)10-3-1-7-5-8(21-22(18,19)20)2-4-9(7)14-10/h1-5,11H,6H2,(H,16,17)(H2,18,19,20)/t11-/m1/s1. The molecule has 8 nitrogen and oxygen atoms in total. The summed E-state index contributed by atoms with van der Waals surface area (Å²) in [6, 6.07) is 7.07. The first kappa shape index (κ1) is 15.9. The van der Waals surface area contributed by atoms with Crippen LogP contribution in [0.3, 0.4) is 0 Å². The van der Waals surface area contributed by atoms with E-state index in [0.717, 1.165) is 0 Å². The van der Waals surface area contributed by atoms with E-state index in [1.165, 1.54) is 23.9 Å². The van der Waals surface area contributed by atoms with E-state index in [2.05, 4.69) is 14.5 Å². The fraction of sp³-hybridized carbons (Fsp3) is 0.154. The molecule has 0 radical (unpaired) electrons. The molecule has 23 heavy (non-hydrogen) atoms. The van der Waals surface area contributed by atoms with Gasteiger partial charge in [-0.15, -0.1) is 11.8 Å². The summed E-state index contributed by atoms with van der Waals surface area (Å²) in [5.74, 6) is -0.550. The summed E-state index contributed by atoms with van der Waals surface area (Å²) in [7, 11) is -4.61. The molecular weight excluding hydrogens is 343 g/mol. The fourth-order valence-corrected chi connectivity index (χ4v) is 3.44. The zero-order chi connectivity index (χ0) is 16.6. The predicted molar refractivity (Wildman–Crippen MR) is 84.8 cm³/mol. The molecule has 2 heterocycles. The summed E-state index contributed by atoms with van der Waals surface area (Å²) in [6.45, 7) is 0. The monoisotopic (exact) mass is 354 g/mol. The van der Waals surface area contributed by atoms with Crippen LogP contribution in [-0.2, 0) is 9.36 Å². The summed E-state index contributed by atoms with van der Waals surface area (Å²) >= 11 is 1.33. The second-order valence-electron chi connectivity index (χ2n) is 4.73. The highest BCUT2D eigenvalue weighted by atomic mass is 32.2. The van der Waals surface area contributed by atoms with Crippen LogP contribution in [0.15, 0.2) is 35.3 Å². The highest BCUT2D eigenvalue weighted by Gasteiger charge is 2.25. The number of hydrogen-bond donors (Lipinski definition) is 3. The number of aromatic nitrogens is 1. The number of aliphatic carboxylic acids is 1. The molecule has 0 saturated carbocycles. The average molecular weight is 354 g/mol. The van der Waals surface area contributed by atoms with Crippen molar-refractivity contribution < 1.29 is 28.8 Å². The third-order valence-corrected chi connectivity index (χ3v) is 4.56. The van der Waals surface area contributed by atoms with E-state index in [0.29, 0.717) is 27.4 Å². The minimum absolute atomic E-state index is 0.0407. The van der Waals surface area contributed by atoms with Crippen molar-refractivity contribution in [1.29, 1.82) is 0 Å². The molecule has 3 N–H and O–H groups in total. The summed E-state index contributed by atoms with van der Waals surface area (Å²) in [6.07, 6.45) is 0. The van der Waals surface area contributed by atoms with E-state index in [4.69, 9.17) is 14.9 Å². The third-order valence-electron chi connectivity index (χ3n) is 3.04. The molecule has 1 aromatic carbocycles. The number of aliphatic imine (C=N–C) groups is 1. The molecule has 0 spiro atoms. The van der Waals surface area contributed by atoms with Gasteiger partial charge < -0.3 is 9.63 Å². The predicted octanol–water partition coefficient (Wildman–Crippen LogP) is 1.65. The molecule has 0 saturated heterocycles. The van der Waals surface area contributed by atoms with Crippen LogP contribution in [0.25, 0.3) is 10.9 Å². The van der Waals surface area contributed by atoms with Crippen molar-refractivity contribution in [1.82, 2.24) is 4.98 Å². The number of carboxylic acids is 1. The van der Waals surface area contributed by atoms with Crippen LogP contribution in [0.5, 0.6) is 5.75 Å². The van der Waals surface area contributed by atoms with Crippen molar-refractivity contribution in [2.24, 2.45) is 4.99 Å². The van der Waals surface area contributed by atoms with Crippen molar-refractivity contribution in [3.63, 3.8) is 0 Å². The van der Waals surface area contributed by atoms with Gasteiger partial charge in [0.1, 0.15) is 10.8 Å². The topological polar surface area (TPSA) is 129 Å². The van der Waals surface area contributed by atoms with Crippen LogP contribution in [0.2, 0.25) is 0 Å². The van der Waals surface area contributed by atoms with Crippen molar-refractivity contribution in [2.45, 2.75) is 6.04 Å². The van der Waals surface area contributed by atoms with Gasteiger partial charge in [0, 0.05) is 11.1 Å². The first-order valence-electron chi connectivity index (χ1n) is 6.41. The van der Waals surface area contributed by atoms with Gasteiger partial charge in [0.25, 0.3) is 0 Å². The lowest BCUT2D eigenvalue weighted by Gasteiger charge is -2.08. The SMILES string of the molecule is O=C(O)[C@H]1CSC(c2ccc3cc(OP(=O)(O)O)ccc3n2)=N1. The lowest BCUT2D eigenvalue weighted by atomic mass is 10.2. The molecule has 1 aliphatic rings. The zero-order valence-corrected chi connectivity index (χ0v) is 13.2. The Balaban J connectivity index is 1.92. The summed E-state index contributed by atoms with van der Waals surface area (Å²) in [4.78, 5) is 37.1. The van der Waals surface area contributed by atoms with Crippen LogP contribution >= 0.6 is 19.6 Å². The smallest absolute Gasteiger partial charge is 0.480 e. The first-order valence-corrected chi connectivity index (χ1v) is 8.93. The first-order chi connectivity index (χ1) is 10.8. The van der Waals surface area contributed by atoms with Gasteiger partial charge in [-0.25, -0.2) is 14.3 Å². The molecule has 0 aliphatic carbocycles. The van der Waals surface area contributed by atoms with Crippen molar-refractivity contribution >= 4 is 41.5 Å². The Hall–Kier alpha value is -1.93. The van der Waals surface area contributed by atoms with Crippen LogP contribution < -0.4 is 4.52 Å². The Morgan fingerprint density at radius 1 is 1.30 bits per heavy atom. The second kappa shape index (κ2) is 5.93. The van der Waals surface area contributed by atoms with Crippen molar-refractivity contribution in [3.05, 3.63) is 36.0 Å². The number of benzene rings is 1. The van der Waals surface area contributed by atoms with Gasteiger partial charge in [0.2, 0.25) is 0 Å². The van der Waals surface area contributed by atoms with Crippen molar-refractivity contribution in [3.8, 4) is 5.75 Å². The number of pyridine rings is 1. The van der Waals surface area contributed by atoms with E-state index >= 15 is 0 Å². The lowest BCUT2D eigenvalue weighted by Crippen LogP contribution is -2.17. The number of carbonyl (C=O) groups is 1. The molecule has 10 heteroatoms. The number of carboxylic acid groups (broad SMARTS) is 1. The minimum atomic E-state index is -4.61. The van der Waals surface area contributed by atoms with Gasteiger partial charge in [0.15, 0.2) is 6.04 Å². The Morgan fingerprint density at radius 2 is 2.09 bits per heavy atom. The van der Waals surface area contributed by atoms with Crippen LogP contribution in [0.4, 0.5) is 0 Å². The number of phosphoric ester groups is 1. The molecule has 0 amide bonds. The lowest BCUT2D eigenvalue weighted by molar-refractivity contribution is -0.137. The highest BCUT2D eigenvalue weighted by molar-refractivity contribution is 8.14. The Bertz CT molecular complexity index is 865. The molecule has 0 bridgehead atoms. The van der Waals surface area contributed by atoms with Gasteiger partial charge >= 0.3 is 13.8 Å². The largest absolute Gasteiger partial charge is 0.524 e. The van der Waals surface area contributed by atoms with Gasteiger partial charge in [-0.05, 0) is 24.3 Å². The maximum atomic E-state index is 10.9. The molecule has 0 fully saturated rings. The minimum Gasteiger partial charge on any atom is -0.480 e. The third kappa shape index (κ3) is 3.70. The Labute approximate surface area is 134 Å². The summed E-state index contributed by atoms with van der Waals surface area (Å²) in [5.41, 5.74) is 1.15. The number of nitrogens with zero attached hydrogens (tertiary/aromatic N) is 2. The van der Waals surface area contributed by atoms with Gasteiger partial charge in [0.05, 0.1) is 11.2 Å². The summed E-state index contributed by atoms with van der Waals surface area (Å²) < 4.78 is 15.4. The molecule has 2 aromatic rings. The van der Waals surface area contributed by atoms with E-state index in [9.17, 15) is 9.36 Å². The fourth-order valence-electron chi connectivity index (χ4n) is 2.06. The molecule has 0 unspecified atom stereocenters. The van der Waals surface area contributed by atoms with E-state index in [1.54, 1.807) is 18.2 Å². The van der Waals surface area contributed by atoms with Gasteiger partial charge in [-0.1, -0.05) is 6.07 Å². The van der Waals surface area contributed by atoms with E-state index < -0.39 is 19.8 Å². The Kier molecular flexibility index (Phi) is 4.11. The van der Waals surface area contributed by atoms with Gasteiger partial charge in [-0.2, -0.15) is 0 Å². The quantitative estimate of drug-likeness (QED) is 0.707. The number of thioether (sulfide) groups is 1. The average Bonchev–Trinajstić information content (AvgIpc) is 2.95. The van der Waals surface area contributed by atoms with E-state index in [-0.39, 0.29) is 5.75 Å². The van der Waals surface area contributed by atoms with Crippen LogP contribution in [0.1, 0.15) is 5.69 Å². The molecule has 1 atom stereocenters. The molecule has 120 valence electrons.